The van der Waals surface area contributed by atoms with Crippen LogP contribution >= 0.6 is 22.7 Å². The third-order valence-corrected chi connectivity index (χ3v) is 6.98. The first kappa shape index (κ1) is 20.3. The van der Waals surface area contributed by atoms with Crippen molar-refractivity contribution in [2.75, 3.05) is 39.4 Å². The van der Waals surface area contributed by atoms with Crippen molar-refractivity contribution in [2.45, 2.75) is 6.92 Å². The average molecular weight is 454 g/mol. The van der Waals surface area contributed by atoms with Gasteiger partial charge in [-0.2, -0.15) is 0 Å². The van der Waals surface area contributed by atoms with Crippen LogP contribution in [-0.2, 0) is 4.74 Å². The zero-order valence-electron chi connectivity index (χ0n) is 17.2. The average Bonchev–Trinajstić information content (AvgIpc) is 3.52. The first-order valence-corrected chi connectivity index (χ1v) is 12.0. The summed E-state index contributed by atoms with van der Waals surface area (Å²) >= 11 is 3.19. The third kappa shape index (κ3) is 4.27. The van der Waals surface area contributed by atoms with E-state index in [1.54, 1.807) is 22.7 Å². The molecule has 7 nitrogen and oxygen atoms in total. The first-order valence-electron chi connectivity index (χ1n) is 10.3. The summed E-state index contributed by atoms with van der Waals surface area (Å²) in [6.07, 6.45) is 1.97. The van der Waals surface area contributed by atoms with Gasteiger partial charge in [0.05, 0.1) is 40.7 Å². The summed E-state index contributed by atoms with van der Waals surface area (Å²) in [4.78, 5) is 24.6. The Morgan fingerprint density at radius 3 is 2.81 bits per heavy atom. The number of aromatic nitrogens is 3. The van der Waals surface area contributed by atoms with Gasteiger partial charge in [0.15, 0.2) is 0 Å². The molecular weight excluding hydrogens is 430 g/mol. The SMILES string of the molecule is Cc1nc(-c2nc(-c3cc(C(=O)NCCN4CCOCC4)c4ccccn34)cs2)cs1. The quantitative estimate of drug-likeness (QED) is 0.483. The molecule has 4 aromatic heterocycles. The standard InChI is InChI=1S/C22H23N5O2S2/c1-15-24-18(14-30-15)22-25-17(13-31-22)20-12-16(19-4-2-3-6-27(19)20)21(28)23-5-7-26-8-10-29-11-9-26/h2-4,6,12-14H,5,7-11H2,1H3,(H,23,28). The van der Waals surface area contributed by atoms with E-state index in [0.717, 1.165) is 65.5 Å². The highest BCUT2D eigenvalue weighted by Gasteiger charge is 2.19. The predicted octanol–water partition coefficient (Wildman–Crippen LogP) is 3.56. The molecule has 1 fully saturated rings. The van der Waals surface area contributed by atoms with Crippen LogP contribution < -0.4 is 5.32 Å². The Morgan fingerprint density at radius 1 is 1.16 bits per heavy atom. The number of rotatable bonds is 6. The van der Waals surface area contributed by atoms with Gasteiger partial charge in [0, 0.05) is 43.1 Å². The monoisotopic (exact) mass is 453 g/mol. The molecule has 0 aliphatic carbocycles. The fraction of sp³-hybridized carbons (Fsp3) is 0.318. The fourth-order valence-corrected chi connectivity index (χ4v) is 5.20. The number of carbonyl (C=O) groups excluding carboxylic acids is 1. The van der Waals surface area contributed by atoms with Crippen LogP contribution in [-0.4, -0.2) is 64.6 Å². The maximum atomic E-state index is 13.0. The normalized spacial score (nSPS) is 14.9. The molecule has 9 heteroatoms. The molecule has 0 unspecified atom stereocenters. The predicted molar refractivity (Wildman–Crippen MR) is 124 cm³/mol. The lowest BCUT2D eigenvalue weighted by molar-refractivity contribution is 0.0383. The van der Waals surface area contributed by atoms with E-state index >= 15 is 0 Å². The van der Waals surface area contributed by atoms with E-state index in [4.69, 9.17) is 9.72 Å². The molecule has 4 aromatic rings. The fourth-order valence-electron chi connectivity index (χ4n) is 3.75. The van der Waals surface area contributed by atoms with Crippen LogP contribution in [0.3, 0.4) is 0 Å². The van der Waals surface area contributed by atoms with Crippen molar-refractivity contribution in [1.29, 1.82) is 0 Å². The van der Waals surface area contributed by atoms with E-state index in [-0.39, 0.29) is 5.91 Å². The van der Waals surface area contributed by atoms with Gasteiger partial charge in [-0.25, -0.2) is 9.97 Å². The number of nitrogens with one attached hydrogen (secondary N) is 1. The molecule has 1 saturated heterocycles. The zero-order chi connectivity index (χ0) is 21.2. The highest BCUT2D eigenvalue weighted by Crippen LogP contribution is 2.31. The summed E-state index contributed by atoms with van der Waals surface area (Å²) in [5, 5.41) is 9.05. The van der Waals surface area contributed by atoms with E-state index in [2.05, 4.69) is 15.2 Å². The molecule has 0 atom stereocenters. The Labute approximate surface area is 188 Å². The topological polar surface area (TPSA) is 71.8 Å². The first-order chi connectivity index (χ1) is 15.2. The van der Waals surface area contributed by atoms with Crippen molar-refractivity contribution in [1.82, 2.24) is 24.6 Å². The van der Waals surface area contributed by atoms with Crippen molar-refractivity contribution < 1.29 is 9.53 Å². The molecule has 0 saturated carbocycles. The van der Waals surface area contributed by atoms with Crippen LogP contribution in [0.5, 0.6) is 0 Å². The molecule has 0 spiro atoms. The Balaban J connectivity index is 1.38. The van der Waals surface area contributed by atoms with E-state index < -0.39 is 0 Å². The van der Waals surface area contributed by atoms with Crippen LogP contribution in [0.1, 0.15) is 15.4 Å². The second-order valence-corrected chi connectivity index (χ2v) is 9.32. The summed E-state index contributed by atoms with van der Waals surface area (Å²) in [5.41, 5.74) is 4.19. The third-order valence-electron chi connectivity index (χ3n) is 5.34. The molecule has 5 heterocycles. The minimum Gasteiger partial charge on any atom is -0.379 e. The molecule has 0 radical (unpaired) electrons. The van der Waals surface area contributed by atoms with Gasteiger partial charge in [-0.1, -0.05) is 6.07 Å². The second kappa shape index (κ2) is 8.88. The molecular formula is C22H23N5O2S2. The lowest BCUT2D eigenvalue weighted by Gasteiger charge is -2.26. The lowest BCUT2D eigenvalue weighted by atomic mass is 10.2. The van der Waals surface area contributed by atoms with Gasteiger partial charge < -0.3 is 14.5 Å². The number of morpholine rings is 1. The molecule has 1 amide bonds. The van der Waals surface area contributed by atoms with Gasteiger partial charge in [-0.05, 0) is 25.1 Å². The van der Waals surface area contributed by atoms with Gasteiger partial charge in [0.25, 0.3) is 5.91 Å². The van der Waals surface area contributed by atoms with E-state index in [1.165, 1.54) is 0 Å². The van der Waals surface area contributed by atoms with Crippen molar-refractivity contribution in [3.8, 4) is 22.1 Å². The van der Waals surface area contributed by atoms with Crippen molar-refractivity contribution in [3.63, 3.8) is 0 Å². The molecule has 1 aliphatic rings. The number of hydrogen-bond acceptors (Lipinski definition) is 7. The number of ether oxygens (including phenoxy) is 1. The van der Waals surface area contributed by atoms with Gasteiger partial charge in [-0.15, -0.1) is 22.7 Å². The number of carbonyl (C=O) groups is 1. The number of hydrogen-bond donors (Lipinski definition) is 1. The van der Waals surface area contributed by atoms with Gasteiger partial charge in [0.2, 0.25) is 0 Å². The number of amides is 1. The Hall–Kier alpha value is -2.59. The van der Waals surface area contributed by atoms with E-state index in [1.807, 2.05) is 52.5 Å². The van der Waals surface area contributed by atoms with Crippen LogP contribution in [0.4, 0.5) is 0 Å². The molecule has 31 heavy (non-hydrogen) atoms. The number of nitrogens with zero attached hydrogens (tertiary/aromatic N) is 4. The Kier molecular flexibility index (Phi) is 5.82. The number of thiazole rings is 2. The van der Waals surface area contributed by atoms with Gasteiger partial charge >= 0.3 is 0 Å². The second-order valence-electron chi connectivity index (χ2n) is 7.40. The smallest absolute Gasteiger partial charge is 0.253 e. The number of fused-ring (bicyclic) bond motifs is 1. The van der Waals surface area contributed by atoms with Crippen molar-refractivity contribution in [3.05, 3.63) is 51.8 Å². The van der Waals surface area contributed by atoms with Crippen molar-refractivity contribution >= 4 is 34.1 Å². The number of aryl methyl sites for hydroxylation is 1. The molecule has 0 aromatic carbocycles. The molecule has 0 bridgehead atoms. The van der Waals surface area contributed by atoms with Gasteiger partial charge in [0.1, 0.15) is 10.7 Å². The molecule has 160 valence electrons. The maximum Gasteiger partial charge on any atom is 0.253 e. The minimum atomic E-state index is -0.0613. The van der Waals surface area contributed by atoms with Crippen LogP contribution in [0, 0.1) is 6.92 Å². The largest absolute Gasteiger partial charge is 0.379 e. The summed E-state index contributed by atoms with van der Waals surface area (Å²) in [5.74, 6) is -0.0613. The summed E-state index contributed by atoms with van der Waals surface area (Å²) in [7, 11) is 0. The Morgan fingerprint density at radius 2 is 2.00 bits per heavy atom. The minimum absolute atomic E-state index is 0.0613. The Bertz CT molecular complexity index is 1210. The molecule has 1 N–H and O–H groups in total. The summed E-state index contributed by atoms with van der Waals surface area (Å²) < 4.78 is 7.41. The molecule has 1 aliphatic heterocycles. The van der Waals surface area contributed by atoms with Gasteiger partial charge in [-0.3, -0.25) is 9.69 Å². The molecule has 5 rings (SSSR count). The summed E-state index contributed by atoms with van der Waals surface area (Å²) in [6, 6.07) is 7.82. The van der Waals surface area contributed by atoms with Crippen molar-refractivity contribution in [2.24, 2.45) is 0 Å². The maximum absolute atomic E-state index is 13.0. The van der Waals surface area contributed by atoms with E-state index in [0.29, 0.717) is 12.1 Å². The summed E-state index contributed by atoms with van der Waals surface area (Å²) in [6.45, 7) is 6.79. The van der Waals surface area contributed by atoms with Crippen LogP contribution in [0.15, 0.2) is 41.2 Å². The lowest BCUT2D eigenvalue weighted by Crippen LogP contribution is -2.41. The van der Waals surface area contributed by atoms with E-state index in [9.17, 15) is 4.79 Å². The number of pyridine rings is 1. The highest BCUT2D eigenvalue weighted by atomic mass is 32.1. The van der Waals surface area contributed by atoms with Crippen LogP contribution in [0.25, 0.3) is 27.6 Å². The zero-order valence-corrected chi connectivity index (χ0v) is 18.8. The highest BCUT2D eigenvalue weighted by molar-refractivity contribution is 7.14. The van der Waals surface area contributed by atoms with Crippen LogP contribution in [0.2, 0.25) is 0 Å².